The van der Waals surface area contributed by atoms with E-state index in [4.69, 9.17) is 33.7 Å². The molecule has 0 bridgehead atoms. The molecule has 1 atom stereocenters. The zero-order valence-electron chi connectivity index (χ0n) is 16.4. The highest BCUT2D eigenvalue weighted by atomic mass is 35.5. The van der Waals surface area contributed by atoms with Crippen LogP contribution in [-0.2, 0) is 25.5 Å². The minimum Gasteiger partial charge on any atom is -0.467 e. The summed E-state index contributed by atoms with van der Waals surface area (Å²) >= 11 is 13.0. The Morgan fingerprint density at radius 2 is 1.79 bits per heavy atom. The van der Waals surface area contributed by atoms with E-state index < -0.39 is 17.9 Å². The molecule has 0 saturated carbocycles. The summed E-state index contributed by atoms with van der Waals surface area (Å²) in [4.78, 5) is 37.0. The second-order valence-electron chi connectivity index (χ2n) is 6.15. The molecule has 29 heavy (non-hydrogen) atoms. The Balaban J connectivity index is 2.69. The third kappa shape index (κ3) is 10.1. The lowest BCUT2D eigenvalue weighted by Gasteiger charge is -2.23. The summed E-state index contributed by atoms with van der Waals surface area (Å²) in [6.45, 7) is 1.36. The van der Waals surface area contributed by atoms with Crippen LogP contribution in [0.25, 0.3) is 0 Å². The van der Waals surface area contributed by atoms with E-state index in [0.717, 1.165) is 11.3 Å². The van der Waals surface area contributed by atoms with Crippen molar-refractivity contribution in [1.29, 1.82) is 0 Å². The third-order valence-electron chi connectivity index (χ3n) is 4.00. The molecule has 0 fully saturated rings. The van der Waals surface area contributed by atoms with Crippen LogP contribution in [0.15, 0.2) is 24.3 Å². The Hall–Kier alpha value is -1.64. The summed E-state index contributed by atoms with van der Waals surface area (Å²) in [6, 6.07) is 6.87. The summed E-state index contributed by atoms with van der Waals surface area (Å²) in [5, 5.41) is 2.69. The quantitative estimate of drug-likeness (QED) is 0.247. The van der Waals surface area contributed by atoms with Crippen LogP contribution < -0.4 is 16.0 Å². The maximum absolute atomic E-state index is 12.1. The third-order valence-corrected chi connectivity index (χ3v) is 5.29. The highest BCUT2D eigenvalue weighted by Crippen LogP contribution is 2.17. The van der Waals surface area contributed by atoms with Crippen LogP contribution in [0.2, 0.25) is 0 Å². The van der Waals surface area contributed by atoms with Crippen molar-refractivity contribution in [3.05, 3.63) is 29.8 Å². The summed E-state index contributed by atoms with van der Waals surface area (Å²) < 4.78 is 4.81. The summed E-state index contributed by atoms with van der Waals surface area (Å²) in [7, 11) is 1.28. The number of alkyl halides is 2. The number of esters is 1. The lowest BCUT2D eigenvalue weighted by Crippen LogP contribution is -2.43. The largest absolute Gasteiger partial charge is 0.467 e. The van der Waals surface area contributed by atoms with E-state index in [1.165, 1.54) is 18.9 Å². The molecule has 1 rings (SSSR count). The number of ether oxygens (including phenoxy) is 1. The number of rotatable bonds is 14. The first kappa shape index (κ1) is 25.4. The number of nitrogens with one attached hydrogen (secondary N) is 1. The minimum absolute atomic E-state index is 0.130. The fourth-order valence-corrected chi connectivity index (χ4v) is 3.73. The number of primary amides is 1. The highest BCUT2D eigenvalue weighted by molar-refractivity contribution is 7.99. The number of benzene rings is 1. The van der Waals surface area contributed by atoms with Gasteiger partial charge in [0.25, 0.3) is 0 Å². The number of halogens is 2. The lowest BCUT2D eigenvalue weighted by molar-refractivity contribution is -0.144. The predicted molar refractivity (Wildman–Crippen MR) is 119 cm³/mol. The van der Waals surface area contributed by atoms with Crippen LogP contribution in [0.4, 0.5) is 5.69 Å². The number of carbonyl (C=O) groups is 3. The van der Waals surface area contributed by atoms with E-state index in [-0.39, 0.29) is 18.1 Å². The second-order valence-corrected chi connectivity index (χ2v) is 8.01. The standard InChI is InChI=1S/C19H27Cl2N3O4S/c1-28-19(27)16(23-18(26)13-29-11-6-17(22)25)12-14-2-4-15(5-3-14)24(9-7-20)10-8-21/h2-5,16H,6-13H2,1H3,(H2,22,25)(H,23,26). The topological polar surface area (TPSA) is 102 Å². The molecule has 162 valence electrons. The fraction of sp³-hybridized carbons (Fsp3) is 0.526. The van der Waals surface area contributed by atoms with Crippen LogP contribution in [0.3, 0.4) is 0 Å². The van der Waals surface area contributed by atoms with Crippen molar-refractivity contribution in [2.45, 2.75) is 18.9 Å². The first-order valence-corrected chi connectivity index (χ1v) is 11.3. The molecule has 0 aromatic heterocycles. The highest BCUT2D eigenvalue weighted by Gasteiger charge is 2.22. The van der Waals surface area contributed by atoms with E-state index in [1.807, 2.05) is 24.3 Å². The van der Waals surface area contributed by atoms with Crippen molar-refractivity contribution in [2.75, 3.05) is 48.4 Å². The fourth-order valence-electron chi connectivity index (χ4n) is 2.56. The van der Waals surface area contributed by atoms with Crippen LogP contribution in [-0.4, -0.2) is 67.3 Å². The average Bonchev–Trinajstić information content (AvgIpc) is 2.70. The molecular formula is C19H27Cl2N3O4S. The van der Waals surface area contributed by atoms with Crippen molar-refractivity contribution in [1.82, 2.24) is 5.32 Å². The molecular weight excluding hydrogens is 437 g/mol. The van der Waals surface area contributed by atoms with Gasteiger partial charge in [0.15, 0.2) is 0 Å². The van der Waals surface area contributed by atoms with Crippen molar-refractivity contribution < 1.29 is 19.1 Å². The monoisotopic (exact) mass is 463 g/mol. The SMILES string of the molecule is COC(=O)C(Cc1ccc(N(CCCl)CCCl)cc1)NC(=O)CSCCC(N)=O. The molecule has 1 aromatic rings. The number of amides is 2. The van der Waals surface area contributed by atoms with Crippen molar-refractivity contribution in [2.24, 2.45) is 5.73 Å². The van der Waals surface area contributed by atoms with Gasteiger partial charge in [-0.3, -0.25) is 9.59 Å². The van der Waals surface area contributed by atoms with Gasteiger partial charge in [-0.15, -0.1) is 23.2 Å². The van der Waals surface area contributed by atoms with E-state index in [2.05, 4.69) is 10.2 Å². The van der Waals surface area contributed by atoms with E-state index in [9.17, 15) is 14.4 Å². The number of hydrogen-bond donors (Lipinski definition) is 2. The molecule has 0 spiro atoms. The Morgan fingerprint density at radius 3 is 2.31 bits per heavy atom. The average molecular weight is 464 g/mol. The van der Waals surface area contributed by atoms with Gasteiger partial charge in [-0.2, -0.15) is 11.8 Å². The van der Waals surface area contributed by atoms with Gasteiger partial charge in [0, 0.05) is 49.1 Å². The molecule has 1 unspecified atom stereocenters. The number of nitrogens with zero attached hydrogens (tertiary/aromatic N) is 1. The summed E-state index contributed by atoms with van der Waals surface area (Å²) in [5.41, 5.74) is 6.93. The maximum atomic E-state index is 12.1. The second kappa shape index (κ2) is 14.4. The van der Waals surface area contributed by atoms with Gasteiger partial charge in [0.1, 0.15) is 6.04 Å². The molecule has 0 aliphatic carbocycles. The zero-order valence-corrected chi connectivity index (χ0v) is 18.7. The number of methoxy groups -OCH3 is 1. The van der Waals surface area contributed by atoms with Gasteiger partial charge in [-0.1, -0.05) is 12.1 Å². The van der Waals surface area contributed by atoms with E-state index >= 15 is 0 Å². The Labute approximate surface area is 185 Å². The van der Waals surface area contributed by atoms with Crippen molar-refractivity contribution in [3.63, 3.8) is 0 Å². The van der Waals surface area contributed by atoms with Crippen LogP contribution in [0.5, 0.6) is 0 Å². The van der Waals surface area contributed by atoms with Gasteiger partial charge < -0.3 is 20.7 Å². The molecule has 0 aliphatic rings. The molecule has 3 N–H and O–H groups in total. The summed E-state index contributed by atoms with van der Waals surface area (Å²) in [5.74, 6) is 0.334. The van der Waals surface area contributed by atoms with Gasteiger partial charge >= 0.3 is 5.97 Å². The van der Waals surface area contributed by atoms with Crippen LogP contribution >= 0.6 is 35.0 Å². The van der Waals surface area contributed by atoms with Gasteiger partial charge in [-0.25, -0.2) is 4.79 Å². The van der Waals surface area contributed by atoms with E-state index in [0.29, 0.717) is 37.0 Å². The number of hydrogen-bond acceptors (Lipinski definition) is 6. The van der Waals surface area contributed by atoms with E-state index in [1.54, 1.807) is 0 Å². The number of carbonyl (C=O) groups excluding carboxylic acids is 3. The molecule has 0 radical (unpaired) electrons. The first-order chi connectivity index (χ1) is 13.9. The minimum atomic E-state index is -0.795. The zero-order chi connectivity index (χ0) is 21.6. The Kier molecular flexibility index (Phi) is 12.6. The Bertz CT molecular complexity index is 655. The normalized spacial score (nSPS) is 11.6. The Morgan fingerprint density at radius 1 is 1.17 bits per heavy atom. The van der Waals surface area contributed by atoms with Gasteiger partial charge in [-0.05, 0) is 17.7 Å². The molecule has 0 heterocycles. The molecule has 0 aliphatic heterocycles. The van der Waals surface area contributed by atoms with Crippen molar-refractivity contribution >= 4 is 58.4 Å². The number of nitrogens with two attached hydrogens (primary N) is 1. The van der Waals surface area contributed by atoms with Crippen LogP contribution in [0, 0.1) is 0 Å². The van der Waals surface area contributed by atoms with Crippen LogP contribution in [0.1, 0.15) is 12.0 Å². The maximum Gasteiger partial charge on any atom is 0.328 e. The predicted octanol–water partition coefficient (Wildman–Crippen LogP) is 1.78. The lowest BCUT2D eigenvalue weighted by atomic mass is 10.1. The summed E-state index contributed by atoms with van der Waals surface area (Å²) in [6.07, 6.45) is 0.505. The smallest absolute Gasteiger partial charge is 0.328 e. The molecule has 2 amide bonds. The molecule has 0 saturated heterocycles. The molecule has 10 heteroatoms. The first-order valence-electron chi connectivity index (χ1n) is 9.10. The van der Waals surface area contributed by atoms with Gasteiger partial charge in [0.05, 0.1) is 12.9 Å². The number of thioether (sulfide) groups is 1. The molecule has 7 nitrogen and oxygen atoms in total. The molecule has 1 aromatic carbocycles. The van der Waals surface area contributed by atoms with Crippen molar-refractivity contribution in [3.8, 4) is 0 Å². The van der Waals surface area contributed by atoms with Gasteiger partial charge in [0.2, 0.25) is 11.8 Å². The number of anilines is 1.